The topological polar surface area (TPSA) is 103 Å². The summed E-state index contributed by atoms with van der Waals surface area (Å²) in [6.45, 7) is 1.11. The van der Waals surface area contributed by atoms with Crippen LogP contribution in [0.15, 0.2) is 41.8 Å². The molecule has 0 aliphatic carbocycles. The van der Waals surface area contributed by atoms with E-state index >= 15 is 0 Å². The summed E-state index contributed by atoms with van der Waals surface area (Å²) in [6, 6.07) is 4.73. The second kappa shape index (κ2) is 9.88. The molecule has 1 amide bonds. The van der Waals surface area contributed by atoms with E-state index in [0.717, 1.165) is 12.1 Å². The fourth-order valence-electron chi connectivity index (χ4n) is 3.28. The van der Waals surface area contributed by atoms with Gasteiger partial charge in [-0.1, -0.05) is 0 Å². The third-order valence-electron chi connectivity index (χ3n) is 4.88. The minimum absolute atomic E-state index is 0.0195. The lowest BCUT2D eigenvalue weighted by molar-refractivity contribution is -0.274. The van der Waals surface area contributed by atoms with Crippen molar-refractivity contribution in [2.75, 3.05) is 32.1 Å². The largest absolute Gasteiger partial charge is 0.573 e. The van der Waals surface area contributed by atoms with Gasteiger partial charge in [-0.25, -0.2) is 13.4 Å². The summed E-state index contributed by atoms with van der Waals surface area (Å²) in [5.74, 6) is -1.43. The van der Waals surface area contributed by atoms with E-state index < -0.39 is 34.0 Å². The Balaban J connectivity index is 1.62. The molecule has 0 bridgehead atoms. The van der Waals surface area contributed by atoms with Gasteiger partial charge in [-0.15, -0.1) is 13.2 Å². The van der Waals surface area contributed by atoms with Crippen molar-refractivity contribution in [3.8, 4) is 5.75 Å². The van der Waals surface area contributed by atoms with Crippen molar-refractivity contribution in [1.29, 1.82) is 0 Å². The van der Waals surface area contributed by atoms with Crippen LogP contribution in [0.25, 0.3) is 0 Å². The van der Waals surface area contributed by atoms with Gasteiger partial charge in [0.05, 0.1) is 18.9 Å². The minimum atomic E-state index is -4.80. The van der Waals surface area contributed by atoms with Crippen LogP contribution >= 0.6 is 0 Å². The molecule has 1 atom stereocenters. The Kier molecular flexibility index (Phi) is 7.41. The summed E-state index contributed by atoms with van der Waals surface area (Å²) in [5.41, 5.74) is 0.279. The van der Waals surface area contributed by atoms with Crippen LogP contribution in [0.3, 0.4) is 0 Å². The van der Waals surface area contributed by atoms with Gasteiger partial charge in [0.25, 0.3) is 10.0 Å². The zero-order valence-electron chi connectivity index (χ0n) is 17.2. The minimum Gasteiger partial charge on any atom is -0.406 e. The molecule has 1 N–H and O–H groups in total. The second-order valence-corrected chi connectivity index (χ2v) is 9.09. The molecule has 1 aliphatic rings. The van der Waals surface area contributed by atoms with Gasteiger partial charge in [0.1, 0.15) is 5.75 Å². The molecule has 3 rings (SSSR count). The van der Waals surface area contributed by atoms with E-state index in [1.54, 1.807) is 4.57 Å². The van der Waals surface area contributed by atoms with Crippen LogP contribution in [-0.4, -0.2) is 61.3 Å². The van der Waals surface area contributed by atoms with Crippen molar-refractivity contribution in [1.82, 2.24) is 13.9 Å². The Morgan fingerprint density at radius 3 is 2.66 bits per heavy atom. The Morgan fingerprint density at radius 1 is 1.28 bits per heavy atom. The maximum Gasteiger partial charge on any atom is 0.573 e. The van der Waals surface area contributed by atoms with Crippen LogP contribution in [0.2, 0.25) is 0 Å². The molecule has 32 heavy (non-hydrogen) atoms. The fourth-order valence-corrected chi connectivity index (χ4v) is 4.74. The lowest BCUT2D eigenvalue weighted by Gasteiger charge is -2.30. The first-order valence-corrected chi connectivity index (χ1v) is 11.2. The number of carbonyl (C=O) groups is 1. The summed E-state index contributed by atoms with van der Waals surface area (Å²) < 4.78 is 74.2. The molecule has 9 nitrogen and oxygen atoms in total. The molecule has 1 fully saturated rings. The maximum atomic E-state index is 12.9. The quantitative estimate of drug-likeness (QED) is 0.628. The predicted molar refractivity (Wildman–Crippen MR) is 107 cm³/mol. The van der Waals surface area contributed by atoms with E-state index in [1.165, 1.54) is 36.1 Å². The molecular formula is C19H23F3N4O5S. The molecule has 2 heterocycles. The molecule has 13 heteroatoms. The molecular weight excluding hydrogens is 453 g/mol. The molecule has 176 valence electrons. The number of imidazole rings is 1. The molecule has 1 aliphatic heterocycles. The van der Waals surface area contributed by atoms with E-state index in [0.29, 0.717) is 26.0 Å². The number of piperidine rings is 1. The summed E-state index contributed by atoms with van der Waals surface area (Å²) in [7, 11) is -2.33. The number of carbonyl (C=O) groups excluding carboxylic acids is 1. The highest BCUT2D eigenvalue weighted by atomic mass is 32.2. The van der Waals surface area contributed by atoms with Crippen molar-refractivity contribution >= 4 is 21.6 Å². The Bertz CT molecular complexity index is 1020. The second-order valence-electron chi connectivity index (χ2n) is 7.21. The number of nitrogens with one attached hydrogen (secondary N) is 1. The molecule has 2 aromatic rings. The van der Waals surface area contributed by atoms with Gasteiger partial charge >= 0.3 is 6.36 Å². The van der Waals surface area contributed by atoms with Crippen molar-refractivity contribution in [2.24, 2.45) is 5.92 Å². The SMILES string of the molecule is COCCn1cnc(S(=O)(=O)N2CCC[C@@H](C(=O)Nc3ccc(OC(F)(F)F)cc3)C2)c1. The Hall–Kier alpha value is -2.64. The molecule has 0 saturated carbocycles. The number of halogens is 3. The van der Waals surface area contributed by atoms with Gasteiger partial charge in [0.2, 0.25) is 5.91 Å². The Labute approximate surface area is 183 Å². The average Bonchev–Trinajstić information content (AvgIpc) is 3.22. The highest BCUT2D eigenvalue weighted by molar-refractivity contribution is 7.89. The van der Waals surface area contributed by atoms with Crippen LogP contribution < -0.4 is 10.1 Å². The third-order valence-corrected chi connectivity index (χ3v) is 6.63. The van der Waals surface area contributed by atoms with Crippen molar-refractivity contribution in [3.63, 3.8) is 0 Å². The molecule has 1 aromatic carbocycles. The van der Waals surface area contributed by atoms with Gasteiger partial charge in [-0.3, -0.25) is 4.79 Å². The molecule has 0 unspecified atom stereocenters. The maximum absolute atomic E-state index is 12.9. The first-order valence-electron chi connectivity index (χ1n) is 9.76. The zero-order valence-corrected chi connectivity index (χ0v) is 18.0. The van der Waals surface area contributed by atoms with Crippen LogP contribution in [0.5, 0.6) is 5.75 Å². The van der Waals surface area contributed by atoms with Gasteiger partial charge in [0, 0.05) is 38.6 Å². The highest BCUT2D eigenvalue weighted by Gasteiger charge is 2.35. The number of ether oxygens (including phenoxy) is 2. The van der Waals surface area contributed by atoms with E-state index in [9.17, 15) is 26.4 Å². The molecule has 0 spiro atoms. The van der Waals surface area contributed by atoms with Gasteiger partial charge in [0.15, 0.2) is 5.03 Å². The number of anilines is 1. The van der Waals surface area contributed by atoms with Crippen LogP contribution in [0.4, 0.5) is 18.9 Å². The molecule has 0 radical (unpaired) electrons. The van der Waals surface area contributed by atoms with E-state index in [4.69, 9.17) is 4.74 Å². The van der Waals surface area contributed by atoms with Crippen LogP contribution in [0.1, 0.15) is 12.8 Å². The first-order chi connectivity index (χ1) is 15.1. The smallest absolute Gasteiger partial charge is 0.406 e. The van der Waals surface area contributed by atoms with Gasteiger partial charge in [-0.2, -0.15) is 4.31 Å². The fraction of sp³-hybridized carbons (Fsp3) is 0.474. The van der Waals surface area contributed by atoms with Gasteiger partial charge in [-0.05, 0) is 37.1 Å². The standard InChI is InChI=1S/C19H23F3N4O5S/c1-30-10-9-25-12-17(23-13-25)32(28,29)26-8-2-3-14(11-26)18(27)24-15-4-6-16(7-5-15)31-19(20,21)22/h4-7,12-14H,2-3,8-11H2,1H3,(H,24,27)/t14-/m1/s1. The number of nitrogens with zero attached hydrogens (tertiary/aromatic N) is 3. The number of sulfonamides is 1. The Morgan fingerprint density at radius 2 is 2.00 bits per heavy atom. The number of alkyl halides is 3. The number of aromatic nitrogens is 2. The molecule has 1 aromatic heterocycles. The van der Waals surface area contributed by atoms with Crippen LogP contribution in [0, 0.1) is 5.92 Å². The number of methoxy groups -OCH3 is 1. The lowest BCUT2D eigenvalue weighted by Crippen LogP contribution is -2.43. The predicted octanol–water partition coefficient (Wildman–Crippen LogP) is 2.47. The summed E-state index contributed by atoms with van der Waals surface area (Å²) >= 11 is 0. The number of hydrogen-bond acceptors (Lipinski definition) is 6. The summed E-state index contributed by atoms with van der Waals surface area (Å²) in [5, 5.41) is 2.51. The third kappa shape index (κ3) is 6.20. The molecule has 1 saturated heterocycles. The monoisotopic (exact) mass is 476 g/mol. The number of benzene rings is 1. The van der Waals surface area contributed by atoms with E-state index in [-0.39, 0.29) is 23.8 Å². The highest BCUT2D eigenvalue weighted by Crippen LogP contribution is 2.26. The van der Waals surface area contributed by atoms with Crippen molar-refractivity contribution in [3.05, 3.63) is 36.8 Å². The number of rotatable bonds is 8. The zero-order chi connectivity index (χ0) is 23.4. The summed E-state index contributed by atoms with van der Waals surface area (Å²) in [4.78, 5) is 16.6. The average molecular weight is 476 g/mol. The van der Waals surface area contributed by atoms with E-state index in [1.807, 2.05) is 0 Å². The van der Waals surface area contributed by atoms with Gasteiger partial charge < -0.3 is 19.4 Å². The summed E-state index contributed by atoms with van der Waals surface area (Å²) in [6.07, 6.45) is -1.01. The number of hydrogen-bond donors (Lipinski definition) is 1. The van der Waals surface area contributed by atoms with Crippen LogP contribution in [-0.2, 0) is 26.1 Å². The lowest BCUT2D eigenvalue weighted by atomic mass is 9.99. The van der Waals surface area contributed by atoms with E-state index in [2.05, 4.69) is 15.0 Å². The van der Waals surface area contributed by atoms with Crippen molar-refractivity contribution < 1.29 is 35.9 Å². The van der Waals surface area contributed by atoms with Crippen molar-refractivity contribution in [2.45, 2.75) is 30.8 Å². The first kappa shape index (κ1) is 24.0. The normalized spacial score (nSPS) is 17.8. The number of amides is 1.